The molecule has 0 aliphatic heterocycles. The lowest BCUT2D eigenvalue weighted by atomic mass is 9.85. The van der Waals surface area contributed by atoms with Gasteiger partial charge in [-0.3, -0.25) is 9.59 Å². The first-order chi connectivity index (χ1) is 10.8. The molecule has 0 heterocycles. The highest BCUT2D eigenvalue weighted by Crippen LogP contribution is 2.24. The van der Waals surface area contributed by atoms with Crippen LogP contribution in [0.3, 0.4) is 0 Å². The molecular weight excluding hydrogens is 298 g/mol. The molecule has 0 bridgehead atoms. The fourth-order valence-electron chi connectivity index (χ4n) is 1.84. The van der Waals surface area contributed by atoms with Gasteiger partial charge in [0.05, 0.1) is 18.6 Å². The van der Waals surface area contributed by atoms with Crippen molar-refractivity contribution in [3.8, 4) is 0 Å². The van der Waals surface area contributed by atoms with E-state index in [-0.39, 0.29) is 5.91 Å². The number of anilines is 1. The van der Waals surface area contributed by atoms with Crippen LogP contribution in [-0.4, -0.2) is 42.9 Å². The number of amides is 1. The molecule has 0 radical (unpaired) electrons. The molecule has 1 aromatic rings. The Labute approximate surface area is 136 Å². The van der Waals surface area contributed by atoms with E-state index in [1.54, 1.807) is 45.0 Å². The number of carboxylic acids is 1. The Balaban J connectivity index is 2.57. The molecule has 1 aromatic carbocycles. The van der Waals surface area contributed by atoms with Crippen molar-refractivity contribution in [2.45, 2.75) is 39.2 Å². The zero-order valence-corrected chi connectivity index (χ0v) is 14.1. The monoisotopic (exact) mass is 323 g/mol. The SMILES string of the molecule is CCOCCOC(C)C(=O)Nc1ccc(C(C)(C)C(=O)O)cc1. The van der Waals surface area contributed by atoms with Crippen LogP contribution in [0.1, 0.15) is 33.3 Å². The Hall–Kier alpha value is -1.92. The molecule has 6 nitrogen and oxygen atoms in total. The lowest BCUT2D eigenvalue weighted by Gasteiger charge is -2.20. The van der Waals surface area contributed by atoms with Gasteiger partial charge in [-0.2, -0.15) is 0 Å². The lowest BCUT2D eigenvalue weighted by Crippen LogP contribution is -2.29. The summed E-state index contributed by atoms with van der Waals surface area (Å²) in [6.07, 6.45) is -0.592. The molecule has 0 fully saturated rings. The highest BCUT2D eigenvalue weighted by Gasteiger charge is 2.29. The molecule has 0 saturated carbocycles. The molecule has 0 spiro atoms. The van der Waals surface area contributed by atoms with Gasteiger partial charge in [0.1, 0.15) is 6.10 Å². The number of nitrogens with one attached hydrogen (secondary N) is 1. The summed E-state index contributed by atoms with van der Waals surface area (Å²) in [6.45, 7) is 8.26. The first-order valence-corrected chi connectivity index (χ1v) is 7.63. The van der Waals surface area contributed by atoms with Crippen molar-refractivity contribution in [3.05, 3.63) is 29.8 Å². The topological polar surface area (TPSA) is 84.9 Å². The molecule has 23 heavy (non-hydrogen) atoms. The van der Waals surface area contributed by atoms with Gasteiger partial charge in [-0.25, -0.2) is 0 Å². The molecule has 0 aliphatic carbocycles. The maximum Gasteiger partial charge on any atom is 0.313 e. The zero-order valence-electron chi connectivity index (χ0n) is 14.1. The molecule has 6 heteroatoms. The first-order valence-electron chi connectivity index (χ1n) is 7.63. The Morgan fingerprint density at radius 2 is 1.83 bits per heavy atom. The average Bonchev–Trinajstić information content (AvgIpc) is 2.51. The van der Waals surface area contributed by atoms with Gasteiger partial charge in [-0.1, -0.05) is 12.1 Å². The van der Waals surface area contributed by atoms with Crippen molar-refractivity contribution in [1.82, 2.24) is 0 Å². The van der Waals surface area contributed by atoms with Crippen molar-refractivity contribution in [1.29, 1.82) is 0 Å². The van der Waals surface area contributed by atoms with Crippen LogP contribution in [0.5, 0.6) is 0 Å². The molecule has 1 amide bonds. The maximum absolute atomic E-state index is 12.0. The smallest absolute Gasteiger partial charge is 0.313 e. The van der Waals surface area contributed by atoms with E-state index >= 15 is 0 Å². The summed E-state index contributed by atoms with van der Waals surface area (Å²) < 4.78 is 10.5. The summed E-state index contributed by atoms with van der Waals surface area (Å²) in [4.78, 5) is 23.2. The zero-order chi connectivity index (χ0) is 17.5. The van der Waals surface area contributed by atoms with Crippen LogP contribution in [0.15, 0.2) is 24.3 Å². The standard InChI is InChI=1S/C17H25NO5/c1-5-22-10-11-23-12(2)15(19)18-14-8-6-13(7-9-14)17(3,4)16(20)21/h6-9,12H,5,10-11H2,1-4H3,(H,18,19)(H,20,21). The second kappa shape index (κ2) is 8.64. The molecule has 2 N–H and O–H groups in total. The normalized spacial score (nSPS) is 12.7. The van der Waals surface area contributed by atoms with Gasteiger partial charge in [0.25, 0.3) is 5.91 Å². The van der Waals surface area contributed by atoms with Gasteiger partial charge >= 0.3 is 5.97 Å². The molecular formula is C17H25NO5. The fourth-order valence-corrected chi connectivity index (χ4v) is 1.84. The summed E-state index contributed by atoms with van der Waals surface area (Å²) in [7, 11) is 0. The van der Waals surface area contributed by atoms with Crippen LogP contribution in [0.2, 0.25) is 0 Å². The third kappa shape index (κ3) is 5.65. The van der Waals surface area contributed by atoms with Crippen LogP contribution in [0, 0.1) is 0 Å². The van der Waals surface area contributed by atoms with Gasteiger partial charge in [-0.15, -0.1) is 0 Å². The number of ether oxygens (including phenoxy) is 2. The number of carboxylic acid groups (broad SMARTS) is 1. The second-order valence-electron chi connectivity index (χ2n) is 5.71. The molecule has 1 rings (SSSR count). The number of benzene rings is 1. The summed E-state index contributed by atoms with van der Waals surface area (Å²) in [6, 6.07) is 6.77. The van der Waals surface area contributed by atoms with Crippen molar-refractivity contribution in [3.63, 3.8) is 0 Å². The summed E-state index contributed by atoms with van der Waals surface area (Å²) in [5, 5.41) is 11.9. The quantitative estimate of drug-likeness (QED) is 0.682. The summed E-state index contributed by atoms with van der Waals surface area (Å²) in [5.41, 5.74) is 0.294. The number of aliphatic carboxylic acids is 1. The van der Waals surface area contributed by atoms with E-state index in [2.05, 4.69) is 5.32 Å². The van der Waals surface area contributed by atoms with Gasteiger partial charge in [-0.05, 0) is 45.4 Å². The van der Waals surface area contributed by atoms with E-state index in [1.165, 1.54) is 0 Å². The maximum atomic E-state index is 12.0. The van der Waals surface area contributed by atoms with Crippen LogP contribution >= 0.6 is 0 Å². The molecule has 0 aliphatic rings. The van der Waals surface area contributed by atoms with E-state index < -0.39 is 17.5 Å². The second-order valence-corrected chi connectivity index (χ2v) is 5.71. The van der Waals surface area contributed by atoms with Gasteiger partial charge in [0.2, 0.25) is 0 Å². The van der Waals surface area contributed by atoms with Crippen LogP contribution < -0.4 is 5.32 Å². The molecule has 0 aromatic heterocycles. The van der Waals surface area contributed by atoms with E-state index in [0.29, 0.717) is 31.1 Å². The van der Waals surface area contributed by atoms with Crippen LogP contribution in [0.4, 0.5) is 5.69 Å². The Morgan fingerprint density at radius 3 is 2.35 bits per heavy atom. The molecule has 128 valence electrons. The minimum absolute atomic E-state index is 0.258. The minimum Gasteiger partial charge on any atom is -0.481 e. The van der Waals surface area contributed by atoms with Gasteiger partial charge in [0.15, 0.2) is 0 Å². The highest BCUT2D eigenvalue weighted by atomic mass is 16.5. The van der Waals surface area contributed by atoms with E-state index in [1.807, 2.05) is 6.92 Å². The molecule has 1 unspecified atom stereocenters. The Morgan fingerprint density at radius 1 is 1.22 bits per heavy atom. The van der Waals surface area contributed by atoms with Gasteiger partial charge < -0.3 is 19.9 Å². The van der Waals surface area contributed by atoms with Gasteiger partial charge in [0, 0.05) is 12.3 Å². The largest absolute Gasteiger partial charge is 0.481 e. The fraction of sp³-hybridized carbons (Fsp3) is 0.529. The molecule has 1 atom stereocenters. The average molecular weight is 323 g/mol. The number of carbonyl (C=O) groups excluding carboxylic acids is 1. The van der Waals surface area contributed by atoms with Crippen molar-refractivity contribution in [2.24, 2.45) is 0 Å². The van der Waals surface area contributed by atoms with Crippen molar-refractivity contribution < 1.29 is 24.2 Å². The first kappa shape index (κ1) is 19.1. The summed E-state index contributed by atoms with van der Waals surface area (Å²) in [5.74, 6) is -1.16. The lowest BCUT2D eigenvalue weighted by molar-refractivity contribution is -0.142. The Bertz CT molecular complexity index is 524. The third-order valence-electron chi connectivity index (χ3n) is 3.58. The van der Waals surface area contributed by atoms with Crippen molar-refractivity contribution >= 4 is 17.6 Å². The van der Waals surface area contributed by atoms with E-state index in [4.69, 9.17) is 9.47 Å². The van der Waals surface area contributed by atoms with Crippen molar-refractivity contribution in [2.75, 3.05) is 25.1 Å². The number of hydrogen-bond donors (Lipinski definition) is 2. The number of rotatable bonds is 9. The Kier molecular flexibility index (Phi) is 7.19. The third-order valence-corrected chi connectivity index (χ3v) is 3.58. The highest BCUT2D eigenvalue weighted by molar-refractivity contribution is 5.94. The molecule has 0 saturated heterocycles. The van der Waals surface area contributed by atoms with Crippen LogP contribution in [0.25, 0.3) is 0 Å². The predicted octanol–water partition coefficient (Wildman–Crippen LogP) is 2.43. The predicted molar refractivity (Wildman–Crippen MR) is 87.6 cm³/mol. The number of hydrogen-bond acceptors (Lipinski definition) is 4. The summed E-state index contributed by atoms with van der Waals surface area (Å²) >= 11 is 0. The van der Waals surface area contributed by atoms with E-state index in [9.17, 15) is 14.7 Å². The van der Waals surface area contributed by atoms with E-state index in [0.717, 1.165) is 0 Å². The number of carbonyl (C=O) groups is 2. The van der Waals surface area contributed by atoms with Crippen LogP contribution in [-0.2, 0) is 24.5 Å². The minimum atomic E-state index is -0.974.